The molecule has 0 saturated carbocycles. The van der Waals surface area contributed by atoms with E-state index in [-0.39, 0.29) is 11.8 Å². The van der Waals surface area contributed by atoms with Crippen molar-refractivity contribution in [2.45, 2.75) is 9.79 Å². The van der Waals surface area contributed by atoms with E-state index in [2.05, 4.69) is 20.6 Å². The number of nitrogens with one attached hydrogen (secondary N) is 2. The van der Waals surface area contributed by atoms with Crippen LogP contribution in [-0.4, -0.2) is 34.3 Å². The number of aromatic nitrogens is 2. The Kier molecular flexibility index (Phi) is 9.61. The monoisotopic (exact) mass is 666 g/mol. The Morgan fingerprint density at radius 2 is 0.956 bits per heavy atom. The Morgan fingerprint density at radius 1 is 0.578 bits per heavy atom. The second kappa shape index (κ2) is 14.1. The van der Waals surface area contributed by atoms with Crippen LogP contribution in [0.5, 0.6) is 11.5 Å². The highest BCUT2D eigenvalue weighted by molar-refractivity contribution is 7.98. The molecule has 7 nitrogen and oxygen atoms in total. The van der Waals surface area contributed by atoms with Crippen molar-refractivity contribution in [2.24, 2.45) is 0 Å². The molecule has 0 atom stereocenters. The molecule has 0 aliphatic carbocycles. The molecule has 11 heteroatoms. The zero-order valence-electron chi connectivity index (χ0n) is 24.1. The second-order valence-electron chi connectivity index (χ2n) is 9.59. The maximum atomic E-state index is 12.6. The lowest BCUT2D eigenvalue weighted by molar-refractivity contribution is 0.101. The van der Waals surface area contributed by atoms with Gasteiger partial charge in [-0.2, -0.15) is 0 Å². The van der Waals surface area contributed by atoms with Gasteiger partial charge < -0.3 is 4.74 Å². The van der Waals surface area contributed by atoms with Gasteiger partial charge in [-0.25, -0.2) is 9.97 Å². The maximum Gasteiger partial charge on any atom is 0.257 e. The highest BCUT2D eigenvalue weighted by Gasteiger charge is 2.12. The van der Waals surface area contributed by atoms with Gasteiger partial charge in [-0.15, -0.1) is 46.2 Å². The van der Waals surface area contributed by atoms with Gasteiger partial charge in [-0.05, 0) is 110 Å². The number of thiazole rings is 2. The summed E-state index contributed by atoms with van der Waals surface area (Å²) in [7, 11) is 0. The molecule has 0 spiro atoms. The Labute approximate surface area is 277 Å². The molecule has 6 aromatic rings. The molecule has 2 N–H and O–H groups in total. The maximum absolute atomic E-state index is 12.6. The molecule has 0 aliphatic rings. The number of hydrogen-bond donors (Lipinski definition) is 2. The Hall–Kier alpha value is -4.42. The number of carbonyl (C=O) groups excluding carboxylic acids is 2. The smallest absolute Gasteiger partial charge is 0.257 e. The van der Waals surface area contributed by atoms with Crippen molar-refractivity contribution in [3.8, 4) is 34.0 Å². The molecule has 0 bridgehead atoms. The lowest BCUT2D eigenvalue weighted by atomic mass is 10.1. The SMILES string of the molecule is CSc1ccc(C(=O)Nc2nc(-c3ccc(Oc4ccc(-c5csc(NC(=O)c6ccc(SC)cc6)n5)cc4)cc3)cs2)cc1. The molecular formula is C34H26N4O3S4. The largest absolute Gasteiger partial charge is 0.457 e. The van der Waals surface area contributed by atoms with Gasteiger partial charge >= 0.3 is 0 Å². The Bertz CT molecular complexity index is 1780. The molecule has 4 aromatic carbocycles. The van der Waals surface area contributed by atoms with Gasteiger partial charge in [-0.3, -0.25) is 20.2 Å². The molecule has 0 radical (unpaired) electrons. The predicted molar refractivity (Wildman–Crippen MR) is 188 cm³/mol. The van der Waals surface area contributed by atoms with Gasteiger partial charge in [-0.1, -0.05) is 0 Å². The van der Waals surface area contributed by atoms with Crippen molar-refractivity contribution in [1.82, 2.24) is 9.97 Å². The molecule has 0 unspecified atom stereocenters. The second-order valence-corrected chi connectivity index (χ2v) is 13.1. The molecule has 2 aromatic heterocycles. The lowest BCUT2D eigenvalue weighted by Gasteiger charge is -2.07. The Balaban J connectivity index is 1.03. The van der Waals surface area contributed by atoms with Gasteiger partial charge in [0.15, 0.2) is 10.3 Å². The summed E-state index contributed by atoms with van der Waals surface area (Å²) >= 11 is 6.03. The van der Waals surface area contributed by atoms with E-state index in [0.717, 1.165) is 32.3 Å². The first kappa shape index (κ1) is 30.6. The fourth-order valence-electron chi connectivity index (χ4n) is 4.27. The highest BCUT2D eigenvalue weighted by Crippen LogP contribution is 2.31. The third kappa shape index (κ3) is 7.63. The molecule has 2 amide bonds. The van der Waals surface area contributed by atoms with E-state index in [0.29, 0.717) is 32.9 Å². The van der Waals surface area contributed by atoms with Crippen LogP contribution in [0.1, 0.15) is 20.7 Å². The first-order valence-electron chi connectivity index (χ1n) is 13.7. The van der Waals surface area contributed by atoms with E-state index < -0.39 is 0 Å². The number of anilines is 2. The summed E-state index contributed by atoms with van der Waals surface area (Å²) < 4.78 is 6.05. The number of thioether (sulfide) groups is 2. The summed E-state index contributed by atoms with van der Waals surface area (Å²) in [5.41, 5.74) is 4.57. The summed E-state index contributed by atoms with van der Waals surface area (Å²) in [5.74, 6) is 1.00. The van der Waals surface area contributed by atoms with Crippen molar-refractivity contribution in [1.29, 1.82) is 0 Å². The van der Waals surface area contributed by atoms with E-state index in [1.54, 1.807) is 23.5 Å². The normalized spacial score (nSPS) is 10.8. The predicted octanol–water partition coefficient (Wildman–Crippen LogP) is 9.67. The lowest BCUT2D eigenvalue weighted by Crippen LogP contribution is -2.11. The van der Waals surface area contributed by atoms with Crippen molar-refractivity contribution in [3.05, 3.63) is 119 Å². The molecule has 2 heterocycles. The number of nitrogens with zero attached hydrogens (tertiary/aromatic N) is 2. The fourth-order valence-corrected chi connectivity index (χ4v) is 6.52. The van der Waals surface area contributed by atoms with Crippen LogP contribution in [0.2, 0.25) is 0 Å². The summed E-state index contributed by atoms with van der Waals surface area (Å²) in [6.07, 6.45) is 4.00. The standard InChI is InChI=1S/C34H26N4O3S4/c1-42-27-15-7-23(8-16-27)31(39)37-33-35-29(19-44-33)21-3-11-25(12-4-21)41-26-13-5-22(6-14-26)30-20-45-34(36-30)38-32(40)24-9-17-28(43-2)18-10-24/h3-20H,1-2H3,(H,35,37,39)(H,36,38,40). The third-order valence-corrected chi connectivity index (χ3v) is 9.69. The van der Waals surface area contributed by atoms with Crippen LogP contribution in [-0.2, 0) is 0 Å². The zero-order valence-corrected chi connectivity index (χ0v) is 27.4. The number of carbonyl (C=O) groups is 2. The fraction of sp³-hybridized carbons (Fsp3) is 0.0588. The number of rotatable bonds is 10. The van der Waals surface area contributed by atoms with E-state index in [1.165, 1.54) is 22.7 Å². The minimum absolute atomic E-state index is 0.187. The Morgan fingerprint density at radius 3 is 1.31 bits per heavy atom. The van der Waals surface area contributed by atoms with Crippen molar-refractivity contribution in [2.75, 3.05) is 23.1 Å². The summed E-state index contributed by atoms with van der Waals surface area (Å²) in [6, 6.07) is 30.3. The highest BCUT2D eigenvalue weighted by atomic mass is 32.2. The average Bonchev–Trinajstić information content (AvgIpc) is 3.75. The third-order valence-electron chi connectivity index (χ3n) is 6.69. The topological polar surface area (TPSA) is 93.2 Å². The first-order chi connectivity index (χ1) is 22.0. The van der Waals surface area contributed by atoms with Gasteiger partial charge in [0.05, 0.1) is 11.4 Å². The molecule has 224 valence electrons. The first-order valence-corrected chi connectivity index (χ1v) is 17.9. The summed E-state index contributed by atoms with van der Waals surface area (Å²) in [4.78, 5) is 36.6. The van der Waals surface area contributed by atoms with E-state index >= 15 is 0 Å². The number of benzene rings is 4. The summed E-state index contributed by atoms with van der Waals surface area (Å²) in [5, 5.41) is 10.7. The van der Waals surface area contributed by atoms with Gasteiger partial charge in [0.2, 0.25) is 0 Å². The minimum Gasteiger partial charge on any atom is -0.457 e. The number of ether oxygens (including phenoxy) is 1. The zero-order chi connectivity index (χ0) is 31.2. The van der Waals surface area contributed by atoms with Crippen LogP contribution in [0.4, 0.5) is 10.3 Å². The van der Waals surface area contributed by atoms with Gasteiger partial charge in [0.25, 0.3) is 11.8 Å². The van der Waals surface area contributed by atoms with Crippen LogP contribution in [0, 0.1) is 0 Å². The van der Waals surface area contributed by atoms with Gasteiger partial charge in [0, 0.05) is 42.8 Å². The minimum atomic E-state index is -0.187. The van der Waals surface area contributed by atoms with Gasteiger partial charge in [0.1, 0.15) is 11.5 Å². The molecule has 6 rings (SSSR count). The quantitative estimate of drug-likeness (QED) is 0.141. The molecule has 0 saturated heterocycles. The van der Waals surface area contributed by atoms with E-state index in [1.807, 2.05) is 120 Å². The average molecular weight is 667 g/mol. The van der Waals surface area contributed by atoms with Crippen LogP contribution >= 0.6 is 46.2 Å². The number of amides is 2. The van der Waals surface area contributed by atoms with E-state index in [4.69, 9.17) is 4.74 Å². The van der Waals surface area contributed by atoms with Crippen molar-refractivity contribution < 1.29 is 14.3 Å². The molecular weight excluding hydrogens is 641 g/mol. The summed E-state index contributed by atoms with van der Waals surface area (Å²) in [6.45, 7) is 0. The van der Waals surface area contributed by atoms with Crippen LogP contribution < -0.4 is 15.4 Å². The molecule has 45 heavy (non-hydrogen) atoms. The van der Waals surface area contributed by atoms with Crippen molar-refractivity contribution in [3.63, 3.8) is 0 Å². The van der Waals surface area contributed by atoms with Crippen LogP contribution in [0.3, 0.4) is 0 Å². The van der Waals surface area contributed by atoms with E-state index in [9.17, 15) is 9.59 Å². The molecule has 0 aliphatic heterocycles. The van der Waals surface area contributed by atoms with Crippen LogP contribution in [0.25, 0.3) is 22.5 Å². The van der Waals surface area contributed by atoms with Crippen LogP contribution in [0.15, 0.2) is 118 Å². The number of hydrogen-bond acceptors (Lipinski definition) is 9. The molecule has 0 fully saturated rings. The van der Waals surface area contributed by atoms with Crippen molar-refractivity contribution >= 4 is 68.3 Å².